The first-order valence-corrected chi connectivity index (χ1v) is 6.52. The number of anilines is 1. The molecular weight excluding hydrogens is 250 g/mol. The van der Waals surface area contributed by atoms with Crippen LogP contribution in [-0.4, -0.2) is 5.91 Å². The fraction of sp³-hybridized carbons (Fsp3) is 0.118. The van der Waals surface area contributed by atoms with E-state index in [-0.39, 0.29) is 5.91 Å². The summed E-state index contributed by atoms with van der Waals surface area (Å²) in [5.41, 5.74) is 0.628. The van der Waals surface area contributed by atoms with Crippen LogP contribution in [0.1, 0.15) is 12.0 Å². The molecule has 0 aliphatic carbocycles. The highest BCUT2D eigenvalue weighted by molar-refractivity contribution is 6.05. The molecule has 0 saturated carbocycles. The van der Waals surface area contributed by atoms with Crippen LogP contribution in [0.15, 0.2) is 67.3 Å². The zero-order chi connectivity index (χ0) is 14.0. The normalized spacial score (nSPS) is 20.1. The molecule has 3 heteroatoms. The fourth-order valence-corrected chi connectivity index (χ4v) is 2.53. The van der Waals surface area contributed by atoms with Gasteiger partial charge < -0.3 is 10.1 Å². The summed E-state index contributed by atoms with van der Waals surface area (Å²) in [6.45, 7) is 3.76. The fourth-order valence-electron chi connectivity index (χ4n) is 2.53. The van der Waals surface area contributed by atoms with Gasteiger partial charge in [0, 0.05) is 17.7 Å². The first-order valence-electron chi connectivity index (χ1n) is 6.52. The zero-order valence-corrected chi connectivity index (χ0v) is 11.0. The number of rotatable bonds is 4. The Kier molecular flexibility index (Phi) is 3.03. The topological polar surface area (TPSA) is 38.3 Å². The molecule has 0 aromatic heterocycles. The quantitative estimate of drug-likeness (QED) is 0.859. The average molecular weight is 265 g/mol. The van der Waals surface area contributed by atoms with Gasteiger partial charge in [0.15, 0.2) is 0 Å². The number of fused-ring (bicyclic) bond motifs is 1. The van der Waals surface area contributed by atoms with Crippen LogP contribution in [-0.2, 0) is 10.4 Å². The van der Waals surface area contributed by atoms with E-state index in [4.69, 9.17) is 4.74 Å². The van der Waals surface area contributed by atoms with Crippen molar-refractivity contribution in [3.05, 3.63) is 72.8 Å². The lowest BCUT2D eigenvalue weighted by Crippen LogP contribution is -2.39. The van der Waals surface area contributed by atoms with E-state index in [1.807, 2.05) is 54.6 Å². The van der Waals surface area contributed by atoms with E-state index in [1.54, 1.807) is 6.08 Å². The number of carbonyl (C=O) groups is 1. The minimum absolute atomic E-state index is 0.151. The Morgan fingerprint density at radius 2 is 1.80 bits per heavy atom. The Balaban J connectivity index is 2.08. The van der Waals surface area contributed by atoms with Crippen molar-refractivity contribution in [2.75, 3.05) is 5.32 Å². The molecule has 1 atom stereocenters. The molecule has 2 aromatic carbocycles. The summed E-state index contributed by atoms with van der Waals surface area (Å²) >= 11 is 0. The summed E-state index contributed by atoms with van der Waals surface area (Å²) in [5, 5.41) is 2.88. The predicted molar refractivity (Wildman–Crippen MR) is 78.6 cm³/mol. The number of hydrogen-bond donors (Lipinski definition) is 1. The molecule has 20 heavy (non-hydrogen) atoms. The van der Waals surface area contributed by atoms with Crippen LogP contribution < -0.4 is 10.1 Å². The molecule has 1 N–H and O–H groups in total. The highest BCUT2D eigenvalue weighted by atomic mass is 16.5. The van der Waals surface area contributed by atoms with E-state index in [2.05, 4.69) is 11.9 Å². The number of nitrogens with one attached hydrogen (secondary N) is 1. The smallest absolute Gasteiger partial charge is 0.273 e. The third-order valence-corrected chi connectivity index (χ3v) is 3.44. The number of hydrogen-bond acceptors (Lipinski definition) is 2. The molecule has 1 aliphatic rings. The van der Waals surface area contributed by atoms with E-state index in [0.717, 1.165) is 11.3 Å². The van der Waals surface area contributed by atoms with Crippen LogP contribution in [0, 0.1) is 0 Å². The standard InChI is InChI=1S/C17H15NO2/c1-2-12-17(20-13-8-4-3-5-9-13)14-10-6-7-11-15(14)18-16(17)19/h2-11H,1,12H2,(H,18,19)/t17-/m1/s1. The highest BCUT2D eigenvalue weighted by Crippen LogP contribution is 2.41. The number of ether oxygens (including phenoxy) is 1. The van der Waals surface area contributed by atoms with E-state index in [1.165, 1.54) is 0 Å². The van der Waals surface area contributed by atoms with Crippen LogP contribution in [0.4, 0.5) is 5.69 Å². The van der Waals surface area contributed by atoms with Crippen molar-refractivity contribution in [3.63, 3.8) is 0 Å². The molecule has 1 amide bonds. The van der Waals surface area contributed by atoms with E-state index < -0.39 is 5.60 Å². The second-order valence-electron chi connectivity index (χ2n) is 4.73. The van der Waals surface area contributed by atoms with Crippen molar-refractivity contribution in [3.8, 4) is 5.75 Å². The lowest BCUT2D eigenvalue weighted by Gasteiger charge is -2.27. The molecule has 1 aliphatic heterocycles. The summed E-state index contributed by atoms with van der Waals surface area (Å²) in [7, 11) is 0. The third kappa shape index (κ3) is 1.88. The number of para-hydroxylation sites is 2. The van der Waals surface area contributed by atoms with Crippen LogP contribution in [0.3, 0.4) is 0 Å². The van der Waals surface area contributed by atoms with Crippen molar-refractivity contribution < 1.29 is 9.53 Å². The maximum atomic E-state index is 12.5. The van der Waals surface area contributed by atoms with Gasteiger partial charge in [0.1, 0.15) is 5.75 Å². The van der Waals surface area contributed by atoms with Crippen LogP contribution >= 0.6 is 0 Å². The molecule has 0 fully saturated rings. The maximum absolute atomic E-state index is 12.5. The summed E-state index contributed by atoms with van der Waals surface area (Å²) in [4.78, 5) is 12.5. The Morgan fingerprint density at radius 3 is 2.55 bits per heavy atom. The van der Waals surface area contributed by atoms with Crippen molar-refractivity contribution in [2.45, 2.75) is 12.0 Å². The Labute approximate surface area is 117 Å². The summed E-state index contributed by atoms with van der Waals surface area (Å²) < 4.78 is 6.06. The maximum Gasteiger partial charge on any atom is 0.273 e. The van der Waals surface area contributed by atoms with Crippen LogP contribution in [0.5, 0.6) is 5.75 Å². The lowest BCUT2D eigenvalue weighted by molar-refractivity contribution is -0.130. The number of carbonyl (C=O) groups excluding carboxylic acids is 1. The summed E-state index contributed by atoms with van der Waals surface area (Å²) in [6.07, 6.45) is 2.13. The molecular formula is C17H15NO2. The van der Waals surface area contributed by atoms with Gasteiger partial charge >= 0.3 is 0 Å². The van der Waals surface area contributed by atoms with Gasteiger partial charge in [-0.2, -0.15) is 0 Å². The minimum atomic E-state index is -1.03. The Morgan fingerprint density at radius 1 is 1.10 bits per heavy atom. The van der Waals surface area contributed by atoms with E-state index in [9.17, 15) is 4.79 Å². The van der Waals surface area contributed by atoms with Crippen molar-refractivity contribution in [1.29, 1.82) is 0 Å². The molecule has 0 saturated heterocycles. The Hall–Kier alpha value is -2.55. The van der Waals surface area contributed by atoms with Crippen molar-refractivity contribution >= 4 is 11.6 Å². The monoisotopic (exact) mass is 265 g/mol. The predicted octanol–water partition coefficient (Wildman–Crippen LogP) is 3.49. The van der Waals surface area contributed by atoms with Crippen molar-refractivity contribution in [1.82, 2.24) is 0 Å². The molecule has 0 radical (unpaired) electrons. The first kappa shape index (κ1) is 12.5. The second kappa shape index (κ2) is 4.85. The van der Waals surface area contributed by atoms with Gasteiger partial charge in [-0.15, -0.1) is 6.58 Å². The first-order chi connectivity index (χ1) is 9.76. The number of amides is 1. The molecule has 0 bridgehead atoms. The van der Waals surface area contributed by atoms with Gasteiger partial charge in [0.05, 0.1) is 0 Å². The summed E-state index contributed by atoms with van der Waals surface area (Å²) in [5.74, 6) is 0.517. The summed E-state index contributed by atoms with van der Waals surface area (Å²) in [6, 6.07) is 17.0. The number of benzene rings is 2. The molecule has 3 nitrogen and oxygen atoms in total. The molecule has 100 valence electrons. The largest absolute Gasteiger partial charge is 0.472 e. The molecule has 0 unspecified atom stereocenters. The van der Waals surface area contributed by atoms with E-state index >= 15 is 0 Å². The lowest BCUT2D eigenvalue weighted by atomic mass is 9.91. The molecule has 2 aromatic rings. The van der Waals surface area contributed by atoms with Gasteiger partial charge in [-0.3, -0.25) is 4.79 Å². The van der Waals surface area contributed by atoms with Gasteiger partial charge in [-0.25, -0.2) is 0 Å². The highest BCUT2D eigenvalue weighted by Gasteiger charge is 2.48. The van der Waals surface area contributed by atoms with Gasteiger partial charge in [0.25, 0.3) is 5.91 Å². The Bertz CT molecular complexity index is 651. The molecule has 1 heterocycles. The second-order valence-corrected chi connectivity index (χ2v) is 4.73. The van der Waals surface area contributed by atoms with E-state index in [0.29, 0.717) is 12.2 Å². The van der Waals surface area contributed by atoms with Crippen molar-refractivity contribution in [2.24, 2.45) is 0 Å². The zero-order valence-electron chi connectivity index (χ0n) is 11.0. The SMILES string of the molecule is C=CC[C@]1(Oc2ccccc2)C(=O)Nc2ccccc21. The van der Waals surface area contributed by atoms with Gasteiger partial charge in [-0.1, -0.05) is 42.5 Å². The van der Waals surface area contributed by atoms with Gasteiger partial charge in [-0.05, 0) is 18.2 Å². The molecule has 3 rings (SSSR count). The average Bonchev–Trinajstić information content (AvgIpc) is 2.74. The van der Waals surface area contributed by atoms with Gasteiger partial charge in [0.2, 0.25) is 5.60 Å². The minimum Gasteiger partial charge on any atom is -0.472 e. The van der Waals surface area contributed by atoms with Crippen LogP contribution in [0.25, 0.3) is 0 Å². The third-order valence-electron chi connectivity index (χ3n) is 3.44. The molecule has 0 spiro atoms. The van der Waals surface area contributed by atoms with Crippen LogP contribution in [0.2, 0.25) is 0 Å².